The zero-order valence-corrected chi connectivity index (χ0v) is 12.6. The minimum Gasteiger partial charge on any atom is -0.299 e. The molecule has 0 bridgehead atoms. The van der Waals surface area contributed by atoms with Gasteiger partial charge in [-0.2, -0.15) is 0 Å². The van der Waals surface area contributed by atoms with Gasteiger partial charge >= 0.3 is 0 Å². The number of amides is 1. The van der Waals surface area contributed by atoms with Crippen molar-refractivity contribution >= 4 is 5.91 Å². The standard InChI is InChI=1S/C17H25N3O/c18-19-17(21)9-15-3-1-2-4-16(15)12-20(10-13-5-6-13)11-14-7-8-14/h1-4,13-14H,5-12,18H2,(H,19,21). The minimum atomic E-state index is -0.126. The Bertz CT molecular complexity index is 481. The number of nitrogens with zero attached hydrogens (tertiary/aromatic N) is 1. The fourth-order valence-electron chi connectivity index (χ4n) is 2.88. The molecule has 1 amide bonds. The number of rotatable bonds is 8. The van der Waals surface area contributed by atoms with Crippen molar-refractivity contribution in [2.24, 2.45) is 17.7 Å². The van der Waals surface area contributed by atoms with Crippen LogP contribution in [0.3, 0.4) is 0 Å². The van der Waals surface area contributed by atoms with Crippen molar-refractivity contribution < 1.29 is 4.79 Å². The SMILES string of the molecule is NNC(=O)Cc1ccccc1CN(CC1CC1)CC1CC1. The summed E-state index contributed by atoms with van der Waals surface area (Å²) < 4.78 is 0. The largest absolute Gasteiger partial charge is 0.299 e. The first-order valence-electron chi connectivity index (χ1n) is 8.03. The predicted molar refractivity (Wildman–Crippen MR) is 83.2 cm³/mol. The minimum absolute atomic E-state index is 0.126. The Hall–Kier alpha value is -1.39. The molecule has 114 valence electrons. The number of carbonyl (C=O) groups excluding carboxylic acids is 1. The second-order valence-electron chi connectivity index (χ2n) is 6.59. The Balaban J connectivity index is 1.66. The molecular weight excluding hydrogens is 262 g/mol. The molecule has 2 fully saturated rings. The fraction of sp³-hybridized carbons (Fsp3) is 0.588. The van der Waals surface area contributed by atoms with E-state index >= 15 is 0 Å². The topological polar surface area (TPSA) is 58.4 Å². The van der Waals surface area contributed by atoms with E-state index < -0.39 is 0 Å². The van der Waals surface area contributed by atoms with Crippen LogP contribution < -0.4 is 11.3 Å². The lowest BCUT2D eigenvalue weighted by Crippen LogP contribution is -2.32. The van der Waals surface area contributed by atoms with Crippen molar-refractivity contribution in [1.29, 1.82) is 0 Å². The Morgan fingerprint density at radius 1 is 1.10 bits per heavy atom. The molecule has 2 saturated carbocycles. The molecule has 0 heterocycles. The molecule has 0 radical (unpaired) electrons. The maximum absolute atomic E-state index is 11.5. The van der Waals surface area contributed by atoms with Crippen molar-refractivity contribution in [1.82, 2.24) is 10.3 Å². The van der Waals surface area contributed by atoms with Crippen molar-refractivity contribution in [3.05, 3.63) is 35.4 Å². The number of nitrogens with one attached hydrogen (secondary N) is 1. The molecule has 0 aromatic heterocycles. The predicted octanol–water partition coefficient (Wildman–Crippen LogP) is 1.84. The second-order valence-corrected chi connectivity index (χ2v) is 6.59. The van der Waals surface area contributed by atoms with Crippen molar-refractivity contribution in [3.8, 4) is 0 Å². The summed E-state index contributed by atoms with van der Waals surface area (Å²) >= 11 is 0. The Morgan fingerprint density at radius 2 is 1.67 bits per heavy atom. The molecule has 3 rings (SSSR count). The number of benzene rings is 1. The molecule has 0 aliphatic heterocycles. The summed E-state index contributed by atoms with van der Waals surface area (Å²) in [5.41, 5.74) is 4.59. The molecule has 0 saturated heterocycles. The molecule has 1 aromatic rings. The third-order valence-electron chi connectivity index (χ3n) is 4.45. The van der Waals surface area contributed by atoms with Crippen LogP contribution in [-0.2, 0) is 17.8 Å². The van der Waals surface area contributed by atoms with Gasteiger partial charge in [0.25, 0.3) is 0 Å². The third-order valence-corrected chi connectivity index (χ3v) is 4.45. The van der Waals surface area contributed by atoms with Gasteiger partial charge in [-0.05, 0) is 48.6 Å². The highest BCUT2D eigenvalue weighted by molar-refractivity contribution is 5.78. The number of nitrogens with two attached hydrogens (primary N) is 1. The molecule has 0 atom stereocenters. The highest BCUT2D eigenvalue weighted by Gasteiger charge is 2.29. The van der Waals surface area contributed by atoms with Crippen LogP contribution in [0.1, 0.15) is 36.8 Å². The van der Waals surface area contributed by atoms with Gasteiger partial charge in [-0.3, -0.25) is 15.1 Å². The first-order valence-corrected chi connectivity index (χ1v) is 8.03. The third kappa shape index (κ3) is 4.55. The Kier molecular flexibility index (Phi) is 4.56. The van der Waals surface area contributed by atoms with Gasteiger partial charge in [0.2, 0.25) is 5.91 Å². The van der Waals surface area contributed by atoms with Gasteiger partial charge in [0.05, 0.1) is 6.42 Å². The number of carbonyl (C=O) groups is 1. The molecule has 2 aliphatic carbocycles. The van der Waals surface area contributed by atoms with E-state index in [2.05, 4.69) is 22.5 Å². The summed E-state index contributed by atoms with van der Waals surface area (Å²) in [5, 5.41) is 0. The van der Waals surface area contributed by atoms with Gasteiger partial charge in [0.15, 0.2) is 0 Å². The summed E-state index contributed by atoms with van der Waals surface area (Å²) in [6.07, 6.45) is 5.92. The molecule has 0 unspecified atom stereocenters. The summed E-state index contributed by atoms with van der Waals surface area (Å²) in [7, 11) is 0. The van der Waals surface area contributed by atoms with E-state index in [1.807, 2.05) is 12.1 Å². The first-order chi connectivity index (χ1) is 10.2. The van der Waals surface area contributed by atoms with E-state index in [4.69, 9.17) is 5.84 Å². The van der Waals surface area contributed by atoms with E-state index in [0.717, 1.165) is 23.9 Å². The summed E-state index contributed by atoms with van der Waals surface area (Å²) in [6, 6.07) is 8.24. The van der Waals surface area contributed by atoms with Crippen LogP contribution in [0, 0.1) is 11.8 Å². The molecular formula is C17H25N3O. The van der Waals surface area contributed by atoms with E-state index in [1.165, 1.54) is 44.3 Å². The quantitative estimate of drug-likeness (QED) is 0.436. The van der Waals surface area contributed by atoms with E-state index in [-0.39, 0.29) is 5.91 Å². The number of hydrazine groups is 1. The van der Waals surface area contributed by atoms with Crippen LogP contribution in [0.4, 0.5) is 0 Å². The second kappa shape index (κ2) is 6.58. The lowest BCUT2D eigenvalue weighted by Gasteiger charge is -2.23. The van der Waals surface area contributed by atoms with Crippen LogP contribution in [-0.4, -0.2) is 23.9 Å². The lowest BCUT2D eigenvalue weighted by molar-refractivity contribution is -0.120. The number of hydrogen-bond acceptors (Lipinski definition) is 3. The van der Waals surface area contributed by atoms with Gasteiger partial charge in [-0.15, -0.1) is 0 Å². The molecule has 3 N–H and O–H groups in total. The lowest BCUT2D eigenvalue weighted by atomic mass is 10.0. The molecule has 4 heteroatoms. The molecule has 2 aliphatic rings. The Morgan fingerprint density at radius 3 is 2.19 bits per heavy atom. The zero-order chi connectivity index (χ0) is 14.7. The zero-order valence-electron chi connectivity index (χ0n) is 12.6. The summed E-state index contributed by atoms with van der Waals surface area (Å²) in [6.45, 7) is 3.39. The van der Waals surface area contributed by atoms with E-state index in [9.17, 15) is 4.79 Å². The molecule has 21 heavy (non-hydrogen) atoms. The normalized spacial score (nSPS) is 18.0. The van der Waals surface area contributed by atoms with Gasteiger partial charge < -0.3 is 0 Å². The highest BCUT2D eigenvalue weighted by atomic mass is 16.2. The molecule has 1 aromatic carbocycles. The monoisotopic (exact) mass is 287 g/mol. The average molecular weight is 287 g/mol. The van der Waals surface area contributed by atoms with E-state index in [1.54, 1.807) is 0 Å². The van der Waals surface area contributed by atoms with Crippen molar-refractivity contribution in [2.45, 2.75) is 38.6 Å². The van der Waals surface area contributed by atoms with E-state index in [0.29, 0.717) is 6.42 Å². The summed E-state index contributed by atoms with van der Waals surface area (Å²) in [4.78, 5) is 14.1. The van der Waals surface area contributed by atoms with Crippen LogP contribution in [0.2, 0.25) is 0 Å². The van der Waals surface area contributed by atoms with Crippen LogP contribution in [0.5, 0.6) is 0 Å². The first kappa shape index (κ1) is 14.5. The number of hydrogen-bond donors (Lipinski definition) is 2. The summed E-state index contributed by atoms with van der Waals surface area (Å²) in [5.74, 6) is 6.89. The van der Waals surface area contributed by atoms with Crippen LogP contribution >= 0.6 is 0 Å². The maximum Gasteiger partial charge on any atom is 0.238 e. The maximum atomic E-state index is 11.5. The van der Waals surface area contributed by atoms with Crippen LogP contribution in [0.25, 0.3) is 0 Å². The van der Waals surface area contributed by atoms with Gasteiger partial charge in [-0.1, -0.05) is 24.3 Å². The highest BCUT2D eigenvalue weighted by Crippen LogP contribution is 2.34. The molecule has 4 nitrogen and oxygen atoms in total. The Labute approximate surface area is 126 Å². The molecule has 0 spiro atoms. The van der Waals surface area contributed by atoms with Gasteiger partial charge in [0, 0.05) is 19.6 Å². The van der Waals surface area contributed by atoms with Crippen LogP contribution in [0.15, 0.2) is 24.3 Å². The van der Waals surface area contributed by atoms with Gasteiger partial charge in [-0.25, -0.2) is 5.84 Å². The average Bonchev–Trinajstić information content (AvgIpc) is 3.37. The smallest absolute Gasteiger partial charge is 0.238 e. The van der Waals surface area contributed by atoms with Gasteiger partial charge in [0.1, 0.15) is 0 Å². The van der Waals surface area contributed by atoms with Crippen molar-refractivity contribution in [3.63, 3.8) is 0 Å². The van der Waals surface area contributed by atoms with Crippen molar-refractivity contribution in [2.75, 3.05) is 13.1 Å². The fourth-order valence-corrected chi connectivity index (χ4v) is 2.88.